The lowest BCUT2D eigenvalue weighted by molar-refractivity contribution is 0.102. The van der Waals surface area contributed by atoms with Crippen molar-refractivity contribution < 1.29 is 4.79 Å². The number of nitrogen functional groups attached to an aromatic ring is 1. The standard InChI is InChI=1S/C16H13Cl2N5O/c17-11-6-4-10(5-7-11)9-23-15(19)14(21-22-23)16(24)20-13-3-1-2-12(18)8-13/h1-8H,9,19H2,(H,20,24). The molecule has 0 fully saturated rings. The molecule has 8 heteroatoms. The van der Waals surface area contributed by atoms with Crippen LogP contribution in [0.4, 0.5) is 11.5 Å². The minimum Gasteiger partial charge on any atom is -0.382 e. The zero-order chi connectivity index (χ0) is 17.1. The number of rotatable bonds is 4. The number of nitrogens with zero attached hydrogens (tertiary/aromatic N) is 3. The monoisotopic (exact) mass is 361 g/mol. The topological polar surface area (TPSA) is 85.8 Å². The molecular weight excluding hydrogens is 349 g/mol. The summed E-state index contributed by atoms with van der Waals surface area (Å²) in [5.74, 6) is -0.262. The molecule has 6 nitrogen and oxygen atoms in total. The van der Waals surface area contributed by atoms with Gasteiger partial charge in [0, 0.05) is 15.7 Å². The highest BCUT2D eigenvalue weighted by Gasteiger charge is 2.17. The number of hydrogen-bond donors (Lipinski definition) is 2. The van der Waals surface area contributed by atoms with Crippen molar-refractivity contribution in [3.63, 3.8) is 0 Å². The molecule has 0 atom stereocenters. The smallest absolute Gasteiger partial charge is 0.280 e. The van der Waals surface area contributed by atoms with Gasteiger partial charge in [0.25, 0.3) is 5.91 Å². The van der Waals surface area contributed by atoms with Gasteiger partial charge in [-0.05, 0) is 35.9 Å². The molecule has 0 aliphatic rings. The first-order valence-corrected chi connectivity index (χ1v) is 7.79. The third-order valence-corrected chi connectivity index (χ3v) is 3.80. The summed E-state index contributed by atoms with van der Waals surface area (Å²) in [6.45, 7) is 0.389. The Labute approximate surface area is 148 Å². The second-order valence-electron chi connectivity index (χ2n) is 5.07. The molecular formula is C16H13Cl2N5O. The fourth-order valence-electron chi connectivity index (χ4n) is 2.12. The largest absolute Gasteiger partial charge is 0.382 e. The third kappa shape index (κ3) is 3.67. The summed E-state index contributed by atoms with van der Waals surface area (Å²) in [4.78, 5) is 12.3. The van der Waals surface area contributed by atoms with Gasteiger partial charge in [0.2, 0.25) is 0 Å². The van der Waals surface area contributed by atoms with E-state index in [0.29, 0.717) is 22.3 Å². The highest BCUT2D eigenvalue weighted by atomic mass is 35.5. The summed E-state index contributed by atoms with van der Waals surface area (Å²) in [6.07, 6.45) is 0. The van der Waals surface area contributed by atoms with Crippen molar-refractivity contribution in [3.8, 4) is 0 Å². The second-order valence-corrected chi connectivity index (χ2v) is 5.94. The van der Waals surface area contributed by atoms with E-state index in [1.807, 2.05) is 12.1 Å². The van der Waals surface area contributed by atoms with Crippen molar-refractivity contribution in [2.45, 2.75) is 6.54 Å². The Balaban J connectivity index is 1.76. The van der Waals surface area contributed by atoms with Gasteiger partial charge in [-0.25, -0.2) is 4.68 Å². The van der Waals surface area contributed by atoms with E-state index in [1.54, 1.807) is 36.4 Å². The molecule has 0 aliphatic carbocycles. The molecule has 1 aromatic heterocycles. The molecule has 24 heavy (non-hydrogen) atoms. The molecule has 0 bridgehead atoms. The first-order chi connectivity index (χ1) is 11.5. The molecule has 3 rings (SSSR count). The van der Waals surface area contributed by atoms with Gasteiger partial charge in [0.1, 0.15) is 0 Å². The highest BCUT2D eigenvalue weighted by Crippen LogP contribution is 2.18. The van der Waals surface area contributed by atoms with E-state index in [-0.39, 0.29) is 11.5 Å². The Morgan fingerprint density at radius 2 is 1.88 bits per heavy atom. The van der Waals surface area contributed by atoms with Crippen molar-refractivity contribution in [1.82, 2.24) is 15.0 Å². The number of hydrogen-bond acceptors (Lipinski definition) is 4. The summed E-state index contributed by atoms with van der Waals surface area (Å²) >= 11 is 11.8. The molecule has 0 radical (unpaired) electrons. The van der Waals surface area contributed by atoms with Crippen LogP contribution in [0.3, 0.4) is 0 Å². The van der Waals surface area contributed by atoms with Crippen LogP contribution in [-0.4, -0.2) is 20.9 Å². The number of halogens is 2. The number of anilines is 2. The Kier molecular flexibility index (Phi) is 4.69. The van der Waals surface area contributed by atoms with Crippen LogP contribution in [-0.2, 0) is 6.54 Å². The van der Waals surface area contributed by atoms with Crippen LogP contribution in [0.2, 0.25) is 10.0 Å². The van der Waals surface area contributed by atoms with Crippen LogP contribution in [0.5, 0.6) is 0 Å². The van der Waals surface area contributed by atoms with E-state index in [0.717, 1.165) is 5.56 Å². The van der Waals surface area contributed by atoms with Crippen LogP contribution >= 0.6 is 23.2 Å². The van der Waals surface area contributed by atoms with Gasteiger partial charge in [0.05, 0.1) is 6.54 Å². The average Bonchev–Trinajstić information content (AvgIpc) is 2.91. The fraction of sp³-hybridized carbons (Fsp3) is 0.0625. The SMILES string of the molecule is Nc1c(C(=O)Nc2cccc(Cl)c2)nnn1Cc1ccc(Cl)cc1. The van der Waals surface area contributed by atoms with E-state index >= 15 is 0 Å². The summed E-state index contributed by atoms with van der Waals surface area (Å²) < 4.78 is 1.45. The summed E-state index contributed by atoms with van der Waals surface area (Å²) in [6, 6.07) is 14.1. The van der Waals surface area contributed by atoms with Crippen LogP contribution in [0.25, 0.3) is 0 Å². The van der Waals surface area contributed by atoms with Crippen molar-refractivity contribution in [1.29, 1.82) is 0 Å². The van der Waals surface area contributed by atoms with Crippen molar-refractivity contribution in [2.24, 2.45) is 0 Å². The summed E-state index contributed by atoms with van der Waals surface area (Å²) in [7, 11) is 0. The molecule has 3 aromatic rings. The summed E-state index contributed by atoms with van der Waals surface area (Å²) in [5.41, 5.74) is 7.55. The first kappa shape index (κ1) is 16.3. The van der Waals surface area contributed by atoms with Gasteiger partial charge in [-0.3, -0.25) is 4.79 Å². The van der Waals surface area contributed by atoms with Gasteiger partial charge < -0.3 is 11.1 Å². The Morgan fingerprint density at radius 1 is 1.12 bits per heavy atom. The number of carbonyl (C=O) groups is 1. The van der Waals surface area contributed by atoms with Crippen LogP contribution in [0, 0.1) is 0 Å². The van der Waals surface area contributed by atoms with Crippen LogP contribution in [0.15, 0.2) is 48.5 Å². The zero-order valence-electron chi connectivity index (χ0n) is 12.4. The third-order valence-electron chi connectivity index (χ3n) is 3.32. The molecule has 0 saturated heterocycles. The van der Waals surface area contributed by atoms with Crippen LogP contribution < -0.4 is 11.1 Å². The molecule has 0 saturated carbocycles. The number of amides is 1. The molecule has 2 aromatic carbocycles. The van der Waals surface area contributed by atoms with Gasteiger partial charge in [0.15, 0.2) is 11.5 Å². The molecule has 1 amide bonds. The lowest BCUT2D eigenvalue weighted by Crippen LogP contribution is -2.15. The van der Waals surface area contributed by atoms with Crippen molar-refractivity contribution in [3.05, 3.63) is 69.8 Å². The zero-order valence-corrected chi connectivity index (χ0v) is 13.9. The van der Waals surface area contributed by atoms with Gasteiger partial charge in [-0.2, -0.15) is 0 Å². The normalized spacial score (nSPS) is 10.6. The number of benzene rings is 2. The lowest BCUT2D eigenvalue weighted by atomic mass is 10.2. The van der Waals surface area contributed by atoms with E-state index in [2.05, 4.69) is 15.6 Å². The fourth-order valence-corrected chi connectivity index (χ4v) is 2.43. The van der Waals surface area contributed by atoms with E-state index in [9.17, 15) is 4.79 Å². The predicted octanol–water partition coefficient (Wildman–Crippen LogP) is 3.47. The minimum absolute atomic E-state index is 0.0592. The predicted molar refractivity (Wildman–Crippen MR) is 94.4 cm³/mol. The molecule has 122 valence electrons. The first-order valence-electron chi connectivity index (χ1n) is 7.03. The average molecular weight is 362 g/mol. The van der Waals surface area contributed by atoms with Gasteiger partial charge in [-0.15, -0.1) is 5.10 Å². The van der Waals surface area contributed by atoms with Crippen molar-refractivity contribution >= 4 is 40.6 Å². The molecule has 0 aliphatic heterocycles. The van der Waals surface area contributed by atoms with Crippen molar-refractivity contribution in [2.75, 3.05) is 11.1 Å². The molecule has 0 unspecified atom stereocenters. The number of aromatic nitrogens is 3. The van der Waals surface area contributed by atoms with Gasteiger partial charge in [-0.1, -0.05) is 46.6 Å². The maximum absolute atomic E-state index is 12.3. The Morgan fingerprint density at radius 3 is 2.58 bits per heavy atom. The highest BCUT2D eigenvalue weighted by molar-refractivity contribution is 6.31. The van der Waals surface area contributed by atoms with Crippen LogP contribution in [0.1, 0.15) is 16.1 Å². The lowest BCUT2D eigenvalue weighted by Gasteiger charge is -2.05. The van der Waals surface area contributed by atoms with E-state index < -0.39 is 5.91 Å². The van der Waals surface area contributed by atoms with E-state index in [1.165, 1.54) is 4.68 Å². The maximum Gasteiger partial charge on any atom is 0.280 e. The Bertz CT molecular complexity index is 876. The number of nitrogens with two attached hydrogens (primary N) is 1. The Hall–Kier alpha value is -2.57. The van der Waals surface area contributed by atoms with Gasteiger partial charge >= 0.3 is 0 Å². The summed E-state index contributed by atoms with van der Waals surface area (Å²) in [5, 5.41) is 11.7. The van der Waals surface area contributed by atoms with E-state index in [4.69, 9.17) is 28.9 Å². The molecule has 0 spiro atoms. The molecule has 1 heterocycles. The number of carbonyl (C=O) groups excluding carboxylic acids is 1. The second kappa shape index (κ2) is 6.90. The number of nitrogens with one attached hydrogen (secondary N) is 1. The molecule has 3 N–H and O–H groups in total. The minimum atomic E-state index is -0.447. The maximum atomic E-state index is 12.3. The quantitative estimate of drug-likeness (QED) is 0.744.